The Morgan fingerprint density at radius 3 is 2.50 bits per heavy atom. The largest absolute Gasteiger partial charge is 0.376 e. The van der Waals surface area contributed by atoms with Crippen LogP contribution < -0.4 is 0 Å². The van der Waals surface area contributed by atoms with E-state index in [4.69, 9.17) is 4.74 Å². The minimum absolute atomic E-state index is 0.248. The highest BCUT2D eigenvalue weighted by Crippen LogP contribution is 2.14. The van der Waals surface area contributed by atoms with E-state index < -0.39 is 0 Å². The van der Waals surface area contributed by atoms with Crippen LogP contribution in [-0.4, -0.2) is 60.6 Å². The van der Waals surface area contributed by atoms with Crippen molar-refractivity contribution in [3.63, 3.8) is 0 Å². The third-order valence-corrected chi connectivity index (χ3v) is 4.03. The molecule has 2 heterocycles. The standard InChI is InChI=1S/C14H26N2O2/c1-12-11-18-13(2)9-16(12)10-14(17)15-7-5-3-4-6-8-15/h12-13H,3-11H2,1-2H3. The highest BCUT2D eigenvalue weighted by molar-refractivity contribution is 5.78. The molecule has 0 bridgehead atoms. The molecule has 0 saturated carbocycles. The van der Waals surface area contributed by atoms with Crippen LogP contribution in [-0.2, 0) is 9.53 Å². The zero-order valence-electron chi connectivity index (χ0n) is 11.7. The molecule has 2 aliphatic heterocycles. The quantitative estimate of drug-likeness (QED) is 0.748. The van der Waals surface area contributed by atoms with Gasteiger partial charge in [0.1, 0.15) is 0 Å². The number of carbonyl (C=O) groups excluding carboxylic acids is 1. The van der Waals surface area contributed by atoms with Crippen molar-refractivity contribution in [3.05, 3.63) is 0 Å². The Bertz CT molecular complexity index is 275. The summed E-state index contributed by atoms with van der Waals surface area (Å²) in [5.74, 6) is 0.304. The average molecular weight is 254 g/mol. The predicted octanol–water partition coefficient (Wildman–Crippen LogP) is 1.50. The first-order valence-electron chi connectivity index (χ1n) is 7.30. The lowest BCUT2D eigenvalue weighted by Crippen LogP contribution is -2.51. The van der Waals surface area contributed by atoms with Crippen molar-refractivity contribution in [2.45, 2.75) is 51.7 Å². The number of amides is 1. The summed E-state index contributed by atoms with van der Waals surface area (Å²) in [5.41, 5.74) is 0. The van der Waals surface area contributed by atoms with E-state index in [0.29, 0.717) is 18.5 Å². The molecule has 2 aliphatic rings. The van der Waals surface area contributed by atoms with Gasteiger partial charge < -0.3 is 9.64 Å². The van der Waals surface area contributed by atoms with Gasteiger partial charge in [0.15, 0.2) is 0 Å². The summed E-state index contributed by atoms with van der Waals surface area (Å²) in [4.78, 5) is 16.6. The summed E-state index contributed by atoms with van der Waals surface area (Å²) < 4.78 is 5.60. The van der Waals surface area contributed by atoms with E-state index in [-0.39, 0.29) is 6.10 Å². The Morgan fingerprint density at radius 2 is 1.83 bits per heavy atom. The Labute approximate surface area is 110 Å². The van der Waals surface area contributed by atoms with Crippen molar-refractivity contribution in [2.24, 2.45) is 0 Å². The van der Waals surface area contributed by atoms with Crippen LogP contribution in [0.2, 0.25) is 0 Å². The van der Waals surface area contributed by atoms with E-state index in [1.807, 2.05) is 0 Å². The number of rotatable bonds is 2. The van der Waals surface area contributed by atoms with Crippen molar-refractivity contribution in [1.82, 2.24) is 9.80 Å². The Hall–Kier alpha value is -0.610. The van der Waals surface area contributed by atoms with Gasteiger partial charge in [0, 0.05) is 25.7 Å². The maximum Gasteiger partial charge on any atom is 0.236 e. The van der Waals surface area contributed by atoms with Crippen molar-refractivity contribution in [3.8, 4) is 0 Å². The molecule has 2 fully saturated rings. The smallest absolute Gasteiger partial charge is 0.236 e. The third-order valence-electron chi connectivity index (χ3n) is 4.03. The lowest BCUT2D eigenvalue weighted by Gasteiger charge is -2.37. The molecule has 4 nitrogen and oxygen atoms in total. The van der Waals surface area contributed by atoms with Gasteiger partial charge in [-0.25, -0.2) is 0 Å². The molecule has 0 aromatic heterocycles. The van der Waals surface area contributed by atoms with Crippen LogP contribution in [0, 0.1) is 0 Å². The van der Waals surface area contributed by atoms with Crippen LogP contribution in [0.3, 0.4) is 0 Å². The number of likely N-dealkylation sites (tertiary alicyclic amines) is 1. The van der Waals surface area contributed by atoms with Crippen molar-refractivity contribution >= 4 is 5.91 Å². The van der Waals surface area contributed by atoms with Gasteiger partial charge in [0.05, 0.1) is 19.3 Å². The maximum absolute atomic E-state index is 12.3. The molecule has 104 valence electrons. The predicted molar refractivity (Wildman–Crippen MR) is 71.5 cm³/mol. The van der Waals surface area contributed by atoms with E-state index in [1.165, 1.54) is 25.7 Å². The molecule has 0 aromatic carbocycles. The minimum atomic E-state index is 0.248. The van der Waals surface area contributed by atoms with Crippen molar-refractivity contribution in [1.29, 1.82) is 0 Å². The summed E-state index contributed by atoms with van der Waals surface area (Å²) in [6.45, 7) is 8.31. The monoisotopic (exact) mass is 254 g/mol. The lowest BCUT2D eigenvalue weighted by atomic mass is 10.2. The van der Waals surface area contributed by atoms with Gasteiger partial charge in [-0.3, -0.25) is 9.69 Å². The van der Waals surface area contributed by atoms with E-state index in [1.54, 1.807) is 0 Å². The second kappa shape index (κ2) is 6.53. The molecule has 2 atom stereocenters. The van der Waals surface area contributed by atoms with Crippen LogP contribution in [0.15, 0.2) is 0 Å². The minimum Gasteiger partial charge on any atom is -0.376 e. The number of ether oxygens (including phenoxy) is 1. The molecule has 0 radical (unpaired) electrons. The summed E-state index contributed by atoms with van der Waals surface area (Å²) >= 11 is 0. The number of hydrogen-bond acceptors (Lipinski definition) is 3. The highest BCUT2D eigenvalue weighted by Gasteiger charge is 2.26. The van der Waals surface area contributed by atoms with Crippen LogP contribution in [0.4, 0.5) is 0 Å². The zero-order valence-corrected chi connectivity index (χ0v) is 11.7. The fraction of sp³-hybridized carbons (Fsp3) is 0.929. The third kappa shape index (κ3) is 3.69. The molecule has 0 N–H and O–H groups in total. The van der Waals surface area contributed by atoms with Crippen molar-refractivity contribution < 1.29 is 9.53 Å². The molecule has 0 aliphatic carbocycles. The highest BCUT2D eigenvalue weighted by atomic mass is 16.5. The van der Waals surface area contributed by atoms with Gasteiger partial charge in [-0.05, 0) is 26.7 Å². The van der Waals surface area contributed by atoms with E-state index in [0.717, 1.165) is 26.2 Å². The lowest BCUT2D eigenvalue weighted by molar-refractivity contribution is -0.135. The molecule has 1 amide bonds. The molecule has 18 heavy (non-hydrogen) atoms. The first-order valence-corrected chi connectivity index (χ1v) is 7.30. The molecule has 2 saturated heterocycles. The Morgan fingerprint density at radius 1 is 1.17 bits per heavy atom. The van der Waals surface area contributed by atoms with Crippen LogP contribution in [0.25, 0.3) is 0 Å². The number of hydrogen-bond donors (Lipinski definition) is 0. The van der Waals surface area contributed by atoms with Crippen molar-refractivity contribution in [2.75, 3.05) is 32.8 Å². The molecule has 2 unspecified atom stereocenters. The molecule has 2 rings (SSSR count). The van der Waals surface area contributed by atoms with E-state index >= 15 is 0 Å². The second-order valence-corrected chi connectivity index (χ2v) is 5.72. The van der Waals surface area contributed by atoms with Gasteiger partial charge in [0.25, 0.3) is 0 Å². The number of morpholine rings is 1. The fourth-order valence-corrected chi connectivity index (χ4v) is 2.79. The molecule has 0 aromatic rings. The molecule has 4 heteroatoms. The zero-order chi connectivity index (χ0) is 13.0. The summed E-state index contributed by atoms with van der Waals surface area (Å²) in [6.07, 6.45) is 5.13. The summed E-state index contributed by atoms with van der Waals surface area (Å²) in [6, 6.07) is 0.358. The number of nitrogens with zero attached hydrogens (tertiary/aromatic N) is 2. The topological polar surface area (TPSA) is 32.8 Å². The van der Waals surface area contributed by atoms with Crippen LogP contribution in [0.5, 0.6) is 0 Å². The summed E-state index contributed by atoms with van der Waals surface area (Å²) in [5, 5.41) is 0. The van der Waals surface area contributed by atoms with Crippen LogP contribution >= 0.6 is 0 Å². The molecular weight excluding hydrogens is 228 g/mol. The SMILES string of the molecule is CC1CN(CC(=O)N2CCCCCC2)C(C)CO1. The molecular formula is C14H26N2O2. The van der Waals surface area contributed by atoms with Gasteiger partial charge in [-0.1, -0.05) is 12.8 Å². The van der Waals surface area contributed by atoms with Gasteiger partial charge in [-0.2, -0.15) is 0 Å². The Kier molecular flexibility index (Phi) is 5.01. The van der Waals surface area contributed by atoms with Gasteiger partial charge in [-0.15, -0.1) is 0 Å². The maximum atomic E-state index is 12.3. The first kappa shape index (κ1) is 13.8. The average Bonchev–Trinajstić information content (AvgIpc) is 2.62. The Balaban J connectivity index is 1.85. The van der Waals surface area contributed by atoms with E-state index in [9.17, 15) is 4.79 Å². The van der Waals surface area contributed by atoms with Gasteiger partial charge in [0.2, 0.25) is 5.91 Å². The van der Waals surface area contributed by atoms with E-state index in [2.05, 4.69) is 23.6 Å². The second-order valence-electron chi connectivity index (χ2n) is 5.72. The fourth-order valence-electron chi connectivity index (χ4n) is 2.79. The summed E-state index contributed by atoms with van der Waals surface area (Å²) in [7, 11) is 0. The first-order chi connectivity index (χ1) is 8.66. The normalized spacial score (nSPS) is 31.1. The molecule has 0 spiro atoms. The number of carbonyl (C=O) groups is 1. The van der Waals surface area contributed by atoms with Crippen LogP contribution in [0.1, 0.15) is 39.5 Å². The van der Waals surface area contributed by atoms with Gasteiger partial charge >= 0.3 is 0 Å².